The van der Waals surface area contributed by atoms with E-state index in [-0.39, 0.29) is 12.8 Å². The number of rotatable bonds is 7. The van der Waals surface area contributed by atoms with Gasteiger partial charge in [0.2, 0.25) is 0 Å². The van der Waals surface area contributed by atoms with E-state index in [1.54, 1.807) is 31.3 Å². The zero-order valence-electron chi connectivity index (χ0n) is 11.9. The number of amides is 1. The van der Waals surface area contributed by atoms with Gasteiger partial charge in [-0.3, -0.25) is 9.59 Å². The highest BCUT2D eigenvalue weighted by atomic mass is 16.5. The first-order valence-electron chi connectivity index (χ1n) is 6.36. The molecule has 0 heterocycles. The molecule has 0 radical (unpaired) electrons. The number of carbonyl (C=O) groups is 3. The van der Waals surface area contributed by atoms with Crippen LogP contribution in [0, 0.1) is 0 Å². The van der Waals surface area contributed by atoms with E-state index in [0.717, 1.165) is 5.69 Å². The summed E-state index contributed by atoms with van der Waals surface area (Å²) < 4.78 is 4.44. The maximum absolute atomic E-state index is 12.0. The number of hydrogen-bond acceptors (Lipinski definition) is 5. The Bertz CT molecular complexity index is 513. The number of anilines is 1. The smallest absolute Gasteiger partial charge is 0.326 e. The summed E-state index contributed by atoms with van der Waals surface area (Å²) >= 11 is 0. The molecule has 7 nitrogen and oxygen atoms in total. The van der Waals surface area contributed by atoms with E-state index in [1.807, 2.05) is 0 Å². The van der Waals surface area contributed by atoms with Gasteiger partial charge in [0.05, 0.1) is 7.11 Å². The highest BCUT2D eigenvalue weighted by molar-refractivity contribution is 5.96. The van der Waals surface area contributed by atoms with E-state index in [1.165, 1.54) is 7.11 Å². The Morgan fingerprint density at radius 3 is 2.33 bits per heavy atom. The van der Waals surface area contributed by atoms with Gasteiger partial charge in [0.15, 0.2) is 0 Å². The number of carbonyl (C=O) groups excluding carboxylic acids is 2. The summed E-state index contributed by atoms with van der Waals surface area (Å²) in [7, 11) is 2.97. The summed E-state index contributed by atoms with van der Waals surface area (Å²) in [6.07, 6.45) is -0.102. The molecule has 0 bridgehead atoms. The van der Waals surface area contributed by atoms with E-state index in [9.17, 15) is 14.4 Å². The molecular weight excluding hydrogens is 276 g/mol. The number of hydrogen-bond donors (Lipinski definition) is 3. The molecule has 0 spiro atoms. The molecule has 0 saturated carbocycles. The first-order chi connectivity index (χ1) is 9.97. The topological polar surface area (TPSA) is 105 Å². The molecule has 0 unspecified atom stereocenters. The van der Waals surface area contributed by atoms with E-state index in [2.05, 4.69) is 15.4 Å². The van der Waals surface area contributed by atoms with Crippen LogP contribution < -0.4 is 10.6 Å². The molecule has 21 heavy (non-hydrogen) atoms. The first-order valence-corrected chi connectivity index (χ1v) is 6.36. The Balaban J connectivity index is 2.66. The van der Waals surface area contributed by atoms with Crippen LogP contribution in [-0.4, -0.2) is 43.2 Å². The molecule has 1 amide bonds. The molecule has 0 saturated heterocycles. The lowest BCUT2D eigenvalue weighted by molar-refractivity contribution is -0.142. The largest absolute Gasteiger partial charge is 0.480 e. The second kappa shape index (κ2) is 7.88. The van der Waals surface area contributed by atoms with Crippen molar-refractivity contribution in [3.8, 4) is 0 Å². The summed E-state index contributed by atoms with van der Waals surface area (Å²) in [6, 6.07) is 5.44. The minimum absolute atomic E-state index is 0.0255. The van der Waals surface area contributed by atoms with Crippen LogP contribution in [0.1, 0.15) is 23.2 Å². The van der Waals surface area contributed by atoms with Crippen molar-refractivity contribution in [2.24, 2.45) is 0 Å². The lowest BCUT2D eigenvalue weighted by atomic mass is 10.1. The van der Waals surface area contributed by atoms with Gasteiger partial charge in [0, 0.05) is 24.7 Å². The third kappa shape index (κ3) is 5.13. The molecule has 1 aromatic carbocycles. The fraction of sp³-hybridized carbons (Fsp3) is 0.357. The first kappa shape index (κ1) is 16.5. The quantitative estimate of drug-likeness (QED) is 0.644. The number of nitrogens with one attached hydrogen (secondary N) is 2. The van der Waals surface area contributed by atoms with Crippen molar-refractivity contribution < 1.29 is 24.2 Å². The fourth-order valence-electron chi connectivity index (χ4n) is 1.65. The summed E-state index contributed by atoms with van der Waals surface area (Å²) in [5.74, 6) is -2.22. The number of esters is 1. The molecular formula is C14H18N2O5. The molecule has 1 rings (SSSR count). The number of carboxylic acid groups (broad SMARTS) is 1. The Morgan fingerprint density at radius 2 is 1.86 bits per heavy atom. The maximum Gasteiger partial charge on any atom is 0.326 e. The molecule has 7 heteroatoms. The van der Waals surface area contributed by atoms with Crippen LogP contribution in [0.25, 0.3) is 0 Å². The van der Waals surface area contributed by atoms with Crippen molar-refractivity contribution >= 4 is 23.5 Å². The minimum atomic E-state index is -1.20. The van der Waals surface area contributed by atoms with Crippen molar-refractivity contribution in [2.75, 3.05) is 19.5 Å². The van der Waals surface area contributed by atoms with Crippen LogP contribution in [0.5, 0.6) is 0 Å². The SMILES string of the molecule is CNc1ccc(C(=O)N[C@@H](CCC(=O)OC)C(=O)O)cc1. The Labute approximate surface area is 122 Å². The number of carboxylic acids is 1. The van der Waals surface area contributed by atoms with E-state index in [4.69, 9.17) is 5.11 Å². The number of methoxy groups -OCH3 is 1. The second-order valence-electron chi connectivity index (χ2n) is 4.31. The molecule has 0 fully saturated rings. The normalized spacial score (nSPS) is 11.3. The van der Waals surface area contributed by atoms with Gasteiger partial charge in [-0.2, -0.15) is 0 Å². The van der Waals surface area contributed by atoms with Crippen LogP contribution in [-0.2, 0) is 14.3 Å². The predicted molar refractivity (Wildman–Crippen MR) is 76.1 cm³/mol. The third-order valence-electron chi connectivity index (χ3n) is 2.90. The third-order valence-corrected chi connectivity index (χ3v) is 2.90. The fourth-order valence-corrected chi connectivity index (χ4v) is 1.65. The molecule has 1 atom stereocenters. The lowest BCUT2D eigenvalue weighted by Gasteiger charge is -2.14. The number of aliphatic carboxylic acids is 1. The predicted octanol–water partition coefficient (Wildman–Crippen LogP) is 0.864. The van der Waals surface area contributed by atoms with E-state index in [0.29, 0.717) is 5.56 Å². The monoisotopic (exact) mass is 294 g/mol. The van der Waals surface area contributed by atoms with Gasteiger partial charge in [0.25, 0.3) is 5.91 Å². The minimum Gasteiger partial charge on any atom is -0.480 e. The van der Waals surface area contributed by atoms with Crippen LogP contribution in [0.3, 0.4) is 0 Å². The summed E-state index contributed by atoms with van der Waals surface area (Å²) in [4.78, 5) is 34.1. The van der Waals surface area contributed by atoms with Gasteiger partial charge < -0.3 is 20.5 Å². The summed E-state index contributed by atoms with van der Waals surface area (Å²) in [5.41, 5.74) is 1.19. The Kier molecular flexibility index (Phi) is 6.19. The van der Waals surface area contributed by atoms with Crippen molar-refractivity contribution in [2.45, 2.75) is 18.9 Å². The Hall–Kier alpha value is -2.57. The van der Waals surface area contributed by atoms with Gasteiger partial charge in [0.1, 0.15) is 6.04 Å². The van der Waals surface area contributed by atoms with E-state index < -0.39 is 23.9 Å². The average Bonchev–Trinajstić information content (AvgIpc) is 2.50. The summed E-state index contributed by atoms with van der Waals surface area (Å²) in [5, 5.41) is 14.4. The van der Waals surface area contributed by atoms with Crippen LogP contribution in [0.4, 0.5) is 5.69 Å². The van der Waals surface area contributed by atoms with Crippen molar-refractivity contribution in [1.29, 1.82) is 0 Å². The van der Waals surface area contributed by atoms with Crippen molar-refractivity contribution in [1.82, 2.24) is 5.32 Å². The van der Waals surface area contributed by atoms with Crippen LogP contribution in [0.2, 0.25) is 0 Å². The van der Waals surface area contributed by atoms with Gasteiger partial charge in [-0.15, -0.1) is 0 Å². The number of ether oxygens (including phenoxy) is 1. The Morgan fingerprint density at radius 1 is 1.24 bits per heavy atom. The molecule has 1 aromatic rings. The van der Waals surface area contributed by atoms with Gasteiger partial charge in [-0.1, -0.05) is 0 Å². The van der Waals surface area contributed by atoms with E-state index >= 15 is 0 Å². The summed E-state index contributed by atoms with van der Waals surface area (Å²) in [6.45, 7) is 0. The zero-order chi connectivity index (χ0) is 15.8. The molecule has 0 aliphatic rings. The molecule has 114 valence electrons. The average molecular weight is 294 g/mol. The van der Waals surface area contributed by atoms with Crippen LogP contribution >= 0.6 is 0 Å². The molecule has 0 aliphatic carbocycles. The van der Waals surface area contributed by atoms with Crippen molar-refractivity contribution in [3.63, 3.8) is 0 Å². The zero-order valence-corrected chi connectivity index (χ0v) is 11.9. The standard InChI is InChI=1S/C14H18N2O5/c1-15-10-5-3-9(4-6-10)13(18)16-11(14(19)20)7-8-12(17)21-2/h3-6,11,15H,7-8H2,1-2H3,(H,16,18)(H,19,20)/t11-/m0/s1. The highest BCUT2D eigenvalue weighted by Crippen LogP contribution is 2.09. The van der Waals surface area contributed by atoms with Gasteiger partial charge in [-0.05, 0) is 30.7 Å². The van der Waals surface area contributed by atoms with Gasteiger partial charge >= 0.3 is 11.9 Å². The highest BCUT2D eigenvalue weighted by Gasteiger charge is 2.21. The molecule has 3 N–H and O–H groups in total. The van der Waals surface area contributed by atoms with Crippen LogP contribution in [0.15, 0.2) is 24.3 Å². The molecule has 0 aliphatic heterocycles. The number of benzene rings is 1. The molecule has 0 aromatic heterocycles. The van der Waals surface area contributed by atoms with Crippen molar-refractivity contribution in [3.05, 3.63) is 29.8 Å². The van der Waals surface area contributed by atoms with Gasteiger partial charge in [-0.25, -0.2) is 4.79 Å². The lowest BCUT2D eigenvalue weighted by Crippen LogP contribution is -2.41. The maximum atomic E-state index is 12.0. The second-order valence-corrected chi connectivity index (χ2v) is 4.31.